The Morgan fingerprint density at radius 2 is 1.00 bits per heavy atom. The molecule has 1 aromatic heterocycles. The average molecular weight is 471 g/mol. The average Bonchev–Trinajstić information content (AvgIpc) is 3.36. The predicted octanol–water partition coefficient (Wildman–Crippen LogP) is 10.7. The van der Waals surface area contributed by atoms with Crippen LogP contribution in [0.1, 0.15) is 88.6 Å². The first kappa shape index (κ1) is 34.0. The fourth-order valence-electron chi connectivity index (χ4n) is 2.03. The standard InChI is InChI=1S/C8H8O.C8H6O.4C4H10/c2*1-2-4-8-7(3-1)5-6-9-8;4*1-4(2)3/h1-4H,5-6H2;1-6H;4*4H,1-3H3. The third-order valence-electron chi connectivity index (χ3n) is 2.96. The Hall–Kier alpha value is -2.22. The molecule has 0 amide bonds. The van der Waals surface area contributed by atoms with Crippen LogP contribution >= 0.6 is 0 Å². The van der Waals surface area contributed by atoms with Gasteiger partial charge in [0.1, 0.15) is 11.3 Å². The van der Waals surface area contributed by atoms with E-state index in [0.717, 1.165) is 53.4 Å². The lowest BCUT2D eigenvalue weighted by Crippen LogP contribution is -1.85. The Morgan fingerprint density at radius 3 is 1.47 bits per heavy atom. The number of fused-ring (bicyclic) bond motifs is 2. The van der Waals surface area contributed by atoms with E-state index in [2.05, 4.69) is 89.2 Å². The Labute approximate surface area is 212 Å². The molecular formula is C32H54O2. The molecule has 0 radical (unpaired) electrons. The predicted molar refractivity (Wildman–Crippen MR) is 154 cm³/mol. The summed E-state index contributed by atoms with van der Waals surface area (Å²) in [5, 5.41) is 1.16. The summed E-state index contributed by atoms with van der Waals surface area (Å²) in [5.41, 5.74) is 2.30. The van der Waals surface area contributed by atoms with Crippen LogP contribution in [-0.4, -0.2) is 6.61 Å². The van der Waals surface area contributed by atoms with Gasteiger partial charge in [0.25, 0.3) is 0 Å². The molecule has 0 bridgehead atoms. The third kappa shape index (κ3) is 24.4. The van der Waals surface area contributed by atoms with Crippen LogP contribution in [0.15, 0.2) is 65.3 Å². The molecule has 2 heterocycles. The van der Waals surface area contributed by atoms with Gasteiger partial charge >= 0.3 is 0 Å². The largest absolute Gasteiger partial charge is 0.493 e. The molecule has 2 nitrogen and oxygen atoms in total. The Balaban J connectivity index is 0. The van der Waals surface area contributed by atoms with Gasteiger partial charge in [-0.1, -0.05) is 119 Å². The molecule has 0 atom stereocenters. The van der Waals surface area contributed by atoms with Crippen LogP contribution in [0.2, 0.25) is 0 Å². The fourth-order valence-corrected chi connectivity index (χ4v) is 2.03. The van der Waals surface area contributed by atoms with Crippen LogP contribution in [0.3, 0.4) is 0 Å². The highest BCUT2D eigenvalue weighted by atomic mass is 16.5. The summed E-state index contributed by atoms with van der Waals surface area (Å²) in [6.07, 6.45) is 2.78. The van der Waals surface area contributed by atoms with E-state index in [1.165, 1.54) is 5.56 Å². The van der Waals surface area contributed by atoms with Crippen LogP contribution < -0.4 is 4.74 Å². The first-order chi connectivity index (χ1) is 15.9. The molecule has 0 spiro atoms. The van der Waals surface area contributed by atoms with Crippen molar-refractivity contribution >= 4 is 11.0 Å². The highest BCUT2D eigenvalue weighted by molar-refractivity contribution is 5.76. The summed E-state index contributed by atoms with van der Waals surface area (Å²) in [5.74, 6) is 4.40. The molecule has 0 saturated heterocycles. The summed E-state index contributed by atoms with van der Waals surface area (Å²) in [6, 6.07) is 18.1. The molecule has 0 saturated carbocycles. The summed E-state index contributed by atoms with van der Waals surface area (Å²) in [6.45, 7) is 26.9. The maximum atomic E-state index is 5.30. The summed E-state index contributed by atoms with van der Waals surface area (Å²) in [7, 11) is 0. The molecule has 2 aromatic carbocycles. The Bertz CT molecular complexity index is 724. The van der Waals surface area contributed by atoms with Crippen molar-refractivity contribution in [2.24, 2.45) is 23.7 Å². The molecule has 0 aliphatic carbocycles. The van der Waals surface area contributed by atoms with Crippen LogP contribution in [0.25, 0.3) is 11.0 Å². The van der Waals surface area contributed by atoms with Gasteiger partial charge in [-0.05, 0) is 47.4 Å². The van der Waals surface area contributed by atoms with Crippen LogP contribution in [0, 0.1) is 23.7 Å². The number of para-hydroxylation sites is 2. The molecule has 34 heavy (non-hydrogen) atoms. The van der Waals surface area contributed by atoms with Gasteiger partial charge in [0, 0.05) is 11.8 Å². The minimum atomic E-state index is 0.833. The van der Waals surface area contributed by atoms with E-state index in [4.69, 9.17) is 9.15 Å². The topological polar surface area (TPSA) is 22.4 Å². The summed E-state index contributed by atoms with van der Waals surface area (Å²) >= 11 is 0. The van der Waals surface area contributed by atoms with Gasteiger partial charge < -0.3 is 9.15 Å². The zero-order valence-electron chi connectivity index (χ0n) is 24.3. The molecular weight excluding hydrogens is 416 g/mol. The number of furan rings is 1. The number of rotatable bonds is 0. The highest BCUT2D eigenvalue weighted by Gasteiger charge is 2.08. The van der Waals surface area contributed by atoms with Gasteiger partial charge in [0.15, 0.2) is 0 Å². The minimum absolute atomic E-state index is 0.833. The summed E-state index contributed by atoms with van der Waals surface area (Å²) < 4.78 is 10.4. The van der Waals surface area contributed by atoms with E-state index >= 15 is 0 Å². The van der Waals surface area contributed by atoms with Gasteiger partial charge in [-0.15, -0.1) is 0 Å². The van der Waals surface area contributed by atoms with Crippen LogP contribution in [0.5, 0.6) is 5.75 Å². The van der Waals surface area contributed by atoms with E-state index in [-0.39, 0.29) is 0 Å². The lowest BCUT2D eigenvalue weighted by atomic mass is 10.2. The Morgan fingerprint density at radius 1 is 0.559 bits per heavy atom. The Kier molecular flexibility index (Phi) is 21.3. The van der Waals surface area contributed by atoms with Gasteiger partial charge in [0.05, 0.1) is 12.9 Å². The maximum absolute atomic E-state index is 5.30. The molecule has 3 aromatic rings. The number of hydrogen-bond donors (Lipinski definition) is 0. The van der Waals surface area contributed by atoms with E-state index in [1.54, 1.807) is 6.26 Å². The van der Waals surface area contributed by atoms with Crippen LogP contribution in [0.4, 0.5) is 0 Å². The molecule has 1 aliphatic heterocycles. The molecule has 0 unspecified atom stereocenters. The van der Waals surface area contributed by atoms with Crippen molar-refractivity contribution in [3.8, 4) is 5.75 Å². The van der Waals surface area contributed by atoms with Crippen molar-refractivity contribution < 1.29 is 9.15 Å². The number of hydrogen-bond acceptors (Lipinski definition) is 2. The van der Waals surface area contributed by atoms with E-state index in [0.29, 0.717) is 0 Å². The van der Waals surface area contributed by atoms with Crippen molar-refractivity contribution in [1.29, 1.82) is 0 Å². The van der Waals surface area contributed by atoms with Gasteiger partial charge in [0.2, 0.25) is 0 Å². The summed E-state index contributed by atoms with van der Waals surface area (Å²) in [4.78, 5) is 0. The van der Waals surface area contributed by atoms with E-state index in [1.807, 2.05) is 48.5 Å². The number of ether oxygens (including phenoxy) is 1. The molecule has 2 heteroatoms. The van der Waals surface area contributed by atoms with E-state index < -0.39 is 0 Å². The molecule has 4 rings (SSSR count). The second kappa shape index (κ2) is 21.3. The van der Waals surface area contributed by atoms with Gasteiger partial charge in [-0.2, -0.15) is 0 Å². The van der Waals surface area contributed by atoms with E-state index in [9.17, 15) is 0 Å². The lowest BCUT2D eigenvalue weighted by Gasteiger charge is -1.93. The third-order valence-corrected chi connectivity index (χ3v) is 2.96. The molecule has 0 fully saturated rings. The monoisotopic (exact) mass is 470 g/mol. The minimum Gasteiger partial charge on any atom is -0.493 e. The normalized spacial score (nSPS) is 10.8. The fraction of sp³-hybridized carbons (Fsp3) is 0.562. The zero-order valence-corrected chi connectivity index (χ0v) is 24.3. The van der Waals surface area contributed by atoms with Crippen molar-refractivity contribution in [2.75, 3.05) is 6.61 Å². The van der Waals surface area contributed by atoms with Crippen molar-refractivity contribution in [1.82, 2.24) is 0 Å². The molecule has 194 valence electrons. The SMILES string of the molecule is CC(C)C.CC(C)C.CC(C)C.CC(C)C.c1ccc2c(c1)CCO2.c1ccc2occc2c1. The van der Waals surface area contributed by atoms with Crippen LogP contribution in [-0.2, 0) is 6.42 Å². The van der Waals surface area contributed by atoms with Crippen molar-refractivity contribution in [3.63, 3.8) is 0 Å². The molecule has 0 N–H and O–H groups in total. The first-order valence-corrected chi connectivity index (χ1v) is 13.0. The van der Waals surface area contributed by atoms with Gasteiger partial charge in [-0.3, -0.25) is 0 Å². The second-order valence-electron chi connectivity index (χ2n) is 11.1. The lowest BCUT2D eigenvalue weighted by molar-refractivity contribution is 0.357. The second-order valence-corrected chi connectivity index (χ2v) is 11.1. The zero-order chi connectivity index (χ0) is 26.5. The quantitative estimate of drug-likeness (QED) is 0.326. The van der Waals surface area contributed by atoms with Crippen molar-refractivity contribution in [3.05, 3.63) is 66.4 Å². The smallest absolute Gasteiger partial charge is 0.133 e. The maximum Gasteiger partial charge on any atom is 0.133 e. The first-order valence-electron chi connectivity index (χ1n) is 13.0. The van der Waals surface area contributed by atoms with Gasteiger partial charge in [-0.25, -0.2) is 0 Å². The molecule has 1 aliphatic rings. The van der Waals surface area contributed by atoms with Crippen molar-refractivity contribution in [2.45, 2.75) is 89.5 Å². The highest BCUT2D eigenvalue weighted by Crippen LogP contribution is 2.23. The number of benzene rings is 2.